The number of nitrogens with zero attached hydrogens (tertiary/aromatic N) is 2. The first kappa shape index (κ1) is 29.8. The van der Waals surface area contributed by atoms with E-state index in [1.54, 1.807) is 61.5 Å². The Morgan fingerprint density at radius 2 is 1.51 bits per heavy atom. The number of amides is 2. The van der Waals surface area contributed by atoms with Gasteiger partial charge < -0.3 is 10.2 Å². The van der Waals surface area contributed by atoms with Gasteiger partial charge in [-0.2, -0.15) is 0 Å². The molecule has 7 nitrogen and oxygen atoms in total. The Balaban J connectivity index is 2.02. The molecule has 9 heteroatoms. The van der Waals surface area contributed by atoms with Crippen molar-refractivity contribution in [2.45, 2.75) is 64.1 Å². The summed E-state index contributed by atoms with van der Waals surface area (Å²) in [7, 11) is -4.12. The van der Waals surface area contributed by atoms with Gasteiger partial charge in [-0.1, -0.05) is 61.9 Å². The van der Waals surface area contributed by atoms with Crippen molar-refractivity contribution in [1.82, 2.24) is 10.2 Å². The van der Waals surface area contributed by atoms with Crippen LogP contribution in [-0.2, 0) is 26.2 Å². The molecule has 0 spiro atoms. The molecule has 3 rings (SSSR count). The largest absolute Gasteiger partial charge is 0.352 e. The molecule has 0 unspecified atom stereocenters. The number of carbonyl (C=O) groups is 2. The second-order valence-electron chi connectivity index (χ2n) is 9.55. The van der Waals surface area contributed by atoms with E-state index < -0.39 is 34.3 Å². The molecule has 0 fully saturated rings. The Labute approximate surface area is 230 Å². The number of halogens is 1. The quantitative estimate of drug-likeness (QED) is 0.340. The Morgan fingerprint density at radius 1 is 0.897 bits per heavy atom. The summed E-state index contributed by atoms with van der Waals surface area (Å²) < 4.78 is 42.2. The molecule has 0 radical (unpaired) electrons. The summed E-state index contributed by atoms with van der Waals surface area (Å²) in [5.41, 5.74) is 1.84. The van der Waals surface area contributed by atoms with Crippen LogP contribution in [0.2, 0.25) is 0 Å². The lowest BCUT2D eigenvalue weighted by atomic mass is 10.1. The molecule has 0 heterocycles. The molecule has 1 N–H and O–H groups in total. The Kier molecular flexibility index (Phi) is 10.2. The van der Waals surface area contributed by atoms with Crippen LogP contribution in [0.1, 0.15) is 44.7 Å². The van der Waals surface area contributed by atoms with Crippen LogP contribution in [0, 0.1) is 12.7 Å². The van der Waals surface area contributed by atoms with Crippen molar-refractivity contribution >= 4 is 27.5 Å². The van der Waals surface area contributed by atoms with Crippen LogP contribution in [0.5, 0.6) is 0 Å². The van der Waals surface area contributed by atoms with E-state index in [1.165, 1.54) is 29.2 Å². The second kappa shape index (κ2) is 13.4. The maximum absolute atomic E-state index is 14.0. The maximum Gasteiger partial charge on any atom is 0.264 e. The maximum atomic E-state index is 14.0. The van der Waals surface area contributed by atoms with Crippen molar-refractivity contribution in [3.8, 4) is 0 Å². The lowest BCUT2D eigenvalue weighted by Crippen LogP contribution is -2.53. The van der Waals surface area contributed by atoms with Crippen LogP contribution in [-0.4, -0.2) is 43.8 Å². The predicted octanol–water partition coefficient (Wildman–Crippen LogP) is 5.05. The number of sulfonamides is 1. The fourth-order valence-corrected chi connectivity index (χ4v) is 5.52. The normalized spacial score (nSPS) is 12.8. The first-order valence-electron chi connectivity index (χ1n) is 13.1. The van der Waals surface area contributed by atoms with Gasteiger partial charge in [-0.05, 0) is 68.7 Å². The first-order chi connectivity index (χ1) is 18.6. The summed E-state index contributed by atoms with van der Waals surface area (Å²) in [5.74, 6) is -1.29. The van der Waals surface area contributed by atoms with Gasteiger partial charge in [0, 0.05) is 12.6 Å². The monoisotopic (exact) mass is 553 g/mol. The molecule has 0 saturated heterocycles. The molecular weight excluding hydrogens is 517 g/mol. The molecule has 0 aliphatic rings. The van der Waals surface area contributed by atoms with Gasteiger partial charge >= 0.3 is 0 Å². The lowest BCUT2D eigenvalue weighted by Gasteiger charge is -2.33. The van der Waals surface area contributed by atoms with Crippen LogP contribution in [0.25, 0.3) is 0 Å². The average Bonchev–Trinajstić information content (AvgIpc) is 2.93. The molecule has 39 heavy (non-hydrogen) atoms. The number of aryl methyl sites for hydroxylation is 1. The van der Waals surface area contributed by atoms with E-state index in [9.17, 15) is 22.4 Å². The van der Waals surface area contributed by atoms with Crippen molar-refractivity contribution in [3.05, 3.63) is 95.8 Å². The van der Waals surface area contributed by atoms with E-state index in [4.69, 9.17) is 0 Å². The first-order valence-corrected chi connectivity index (χ1v) is 14.5. The number of nitrogens with one attached hydrogen (secondary N) is 1. The SMILES string of the molecule is CC[C@@H](C)NC(=O)[C@@H](CC)N(Cc1ccc(F)cc1)C(=O)CN(c1ccccc1)S(=O)(=O)c1ccc(C)cc1. The van der Waals surface area contributed by atoms with E-state index in [0.717, 1.165) is 9.87 Å². The number of hydrogen-bond acceptors (Lipinski definition) is 4. The minimum Gasteiger partial charge on any atom is -0.352 e. The molecule has 0 bridgehead atoms. The molecule has 2 atom stereocenters. The van der Waals surface area contributed by atoms with Gasteiger partial charge in [0.15, 0.2) is 0 Å². The van der Waals surface area contributed by atoms with Crippen molar-refractivity contribution in [1.29, 1.82) is 0 Å². The van der Waals surface area contributed by atoms with Gasteiger partial charge in [0.25, 0.3) is 10.0 Å². The van der Waals surface area contributed by atoms with Crippen LogP contribution >= 0.6 is 0 Å². The predicted molar refractivity (Wildman–Crippen MR) is 151 cm³/mol. The Morgan fingerprint density at radius 3 is 2.08 bits per heavy atom. The third kappa shape index (κ3) is 7.66. The highest BCUT2D eigenvalue weighted by Gasteiger charge is 2.33. The van der Waals surface area contributed by atoms with E-state index in [0.29, 0.717) is 24.1 Å². The molecule has 0 aliphatic carbocycles. The summed E-state index contributed by atoms with van der Waals surface area (Å²) in [5, 5.41) is 2.93. The van der Waals surface area contributed by atoms with E-state index in [2.05, 4.69) is 5.32 Å². The minimum atomic E-state index is -4.12. The minimum absolute atomic E-state index is 0.0127. The van der Waals surface area contributed by atoms with Gasteiger partial charge in [0.1, 0.15) is 18.4 Å². The van der Waals surface area contributed by atoms with Gasteiger partial charge in [-0.3, -0.25) is 13.9 Å². The number of para-hydroxylation sites is 1. The number of hydrogen-bond donors (Lipinski definition) is 1. The summed E-state index contributed by atoms with van der Waals surface area (Å²) in [6, 6.07) is 19.5. The van der Waals surface area contributed by atoms with E-state index in [1.807, 2.05) is 20.8 Å². The van der Waals surface area contributed by atoms with Crippen LogP contribution in [0.4, 0.5) is 10.1 Å². The van der Waals surface area contributed by atoms with E-state index >= 15 is 0 Å². The highest BCUT2D eigenvalue weighted by atomic mass is 32.2. The average molecular weight is 554 g/mol. The molecule has 0 aromatic heterocycles. The van der Waals surface area contributed by atoms with E-state index in [-0.39, 0.29) is 23.4 Å². The van der Waals surface area contributed by atoms with Gasteiger partial charge in [0.2, 0.25) is 11.8 Å². The zero-order chi connectivity index (χ0) is 28.6. The number of rotatable bonds is 12. The van der Waals surface area contributed by atoms with Crippen molar-refractivity contribution < 1.29 is 22.4 Å². The highest BCUT2D eigenvalue weighted by Crippen LogP contribution is 2.25. The number of benzene rings is 3. The molecule has 208 valence electrons. The highest BCUT2D eigenvalue weighted by molar-refractivity contribution is 7.92. The Hall–Kier alpha value is -3.72. The smallest absolute Gasteiger partial charge is 0.264 e. The summed E-state index contributed by atoms with van der Waals surface area (Å²) in [6.07, 6.45) is 1.02. The molecule has 3 aromatic carbocycles. The standard InChI is InChI=1S/C30H36FN3O4S/c1-5-23(4)32-30(36)28(6-2)33(20-24-14-16-25(31)17-15-24)29(35)21-34(26-10-8-7-9-11-26)39(37,38)27-18-12-22(3)13-19-27/h7-19,23,28H,5-6,20-21H2,1-4H3,(H,32,36)/t23-,28-/m1/s1. The number of anilines is 1. The molecular formula is C30H36FN3O4S. The zero-order valence-electron chi connectivity index (χ0n) is 22.8. The van der Waals surface area contributed by atoms with Gasteiger partial charge in [-0.25, -0.2) is 12.8 Å². The third-order valence-corrected chi connectivity index (χ3v) is 8.37. The van der Waals surface area contributed by atoms with Crippen molar-refractivity contribution in [2.24, 2.45) is 0 Å². The second-order valence-corrected chi connectivity index (χ2v) is 11.4. The summed E-state index contributed by atoms with van der Waals surface area (Å²) >= 11 is 0. The van der Waals surface area contributed by atoms with Crippen LogP contribution in [0.15, 0.2) is 83.8 Å². The number of carbonyl (C=O) groups excluding carboxylic acids is 2. The fraction of sp³-hybridized carbons (Fsp3) is 0.333. The van der Waals surface area contributed by atoms with Crippen LogP contribution in [0.3, 0.4) is 0 Å². The molecule has 2 amide bonds. The summed E-state index contributed by atoms with van der Waals surface area (Å²) in [4.78, 5) is 28.6. The molecule has 0 saturated carbocycles. The van der Waals surface area contributed by atoms with Crippen molar-refractivity contribution in [2.75, 3.05) is 10.8 Å². The van der Waals surface area contributed by atoms with Gasteiger partial charge in [-0.15, -0.1) is 0 Å². The third-order valence-electron chi connectivity index (χ3n) is 6.59. The Bertz CT molecular complexity index is 1350. The van der Waals surface area contributed by atoms with Gasteiger partial charge in [0.05, 0.1) is 10.6 Å². The lowest BCUT2D eigenvalue weighted by molar-refractivity contribution is -0.140. The summed E-state index contributed by atoms with van der Waals surface area (Å²) in [6.45, 7) is 6.97. The molecule has 3 aromatic rings. The molecule has 0 aliphatic heterocycles. The fourth-order valence-electron chi connectivity index (χ4n) is 4.11. The topological polar surface area (TPSA) is 86.8 Å². The zero-order valence-corrected chi connectivity index (χ0v) is 23.6. The van der Waals surface area contributed by atoms with Crippen molar-refractivity contribution in [3.63, 3.8) is 0 Å². The van der Waals surface area contributed by atoms with Crippen LogP contribution < -0.4 is 9.62 Å².